The summed E-state index contributed by atoms with van der Waals surface area (Å²) in [7, 11) is 0. The van der Waals surface area contributed by atoms with E-state index in [0.29, 0.717) is 18.4 Å². The number of aromatic nitrogens is 3. The van der Waals surface area contributed by atoms with E-state index in [4.69, 9.17) is 4.74 Å². The summed E-state index contributed by atoms with van der Waals surface area (Å²) in [5.41, 5.74) is 3.03. The summed E-state index contributed by atoms with van der Waals surface area (Å²) in [6.45, 7) is 9.09. The lowest BCUT2D eigenvalue weighted by atomic mass is 9.86. The van der Waals surface area contributed by atoms with Gasteiger partial charge in [-0.25, -0.2) is 0 Å². The minimum atomic E-state index is 0.0154. The minimum absolute atomic E-state index is 0.0154. The summed E-state index contributed by atoms with van der Waals surface area (Å²) >= 11 is 0. The van der Waals surface area contributed by atoms with Gasteiger partial charge in [0.2, 0.25) is 5.95 Å². The number of anilines is 4. The van der Waals surface area contributed by atoms with E-state index in [1.807, 2.05) is 49.4 Å². The summed E-state index contributed by atoms with van der Waals surface area (Å²) in [6.07, 6.45) is 1.61. The normalized spacial score (nSPS) is 11.1. The van der Waals surface area contributed by atoms with Crippen LogP contribution in [0.3, 0.4) is 0 Å². The van der Waals surface area contributed by atoms with Gasteiger partial charge in [0.15, 0.2) is 5.82 Å². The van der Waals surface area contributed by atoms with Gasteiger partial charge < -0.3 is 15.4 Å². The number of hydrogen-bond donors (Lipinski definition) is 2. The van der Waals surface area contributed by atoms with Gasteiger partial charge in [-0.3, -0.25) is 0 Å². The number of rotatable bonds is 6. The molecule has 0 unspecified atom stereocenters. The fraction of sp³-hybridized carbons (Fsp3) is 0.286. The Morgan fingerprint density at radius 1 is 0.926 bits per heavy atom. The molecule has 1 heterocycles. The molecule has 0 radical (unpaired) electrons. The molecule has 3 aromatic rings. The number of nitrogens with one attached hydrogen (secondary N) is 2. The lowest BCUT2D eigenvalue weighted by molar-refractivity contribution is 0.342. The molecule has 0 aliphatic carbocycles. The van der Waals surface area contributed by atoms with Crippen LogP contribution in [0.4, 0.5) is 23.1 Å². The highest BCUT2D eigenvalue weighted by molar-refractivity contribution is 5.65. The molecule has 2 N–H and O–H groups in total. The first kappa shape index (κ1) is 18.6. The second kappa shape index (κ2) is 8.03. The second-order valence-electron chi connectivity index (χ2n) is 7.14. The molecule has 2 aromatic carbocycles. The van der Waals surface area contributed by atoms with E-state index in [0.717, 1.165) is 17.1 Å². The van der Waals surface area contributed by atoms with Gasteiger partial charge in [-0.05, 0) is 36.1 Å². The van der Waals surface area contributed by atoms with E-state index in [2.05, 4.69) is 52.7 Å². The van der Waals surface area contributed by atoms with Gasteiger partial charge in [0.25, 0.3) is 0 Å². The van der Waals surface area contributed by atoms with Crippen molar-refractivity contribution in [2.45, 2.75) is 33.1 Å². The monoisotopic (exact) mass is 363 g/mol. The third-order valence-electron chi connectivity index (χ3n) is 3.99. The van der Waals surface area contributed by atoms with Crippen molar-refractivity contribution >= 4 is 23.1 Å². The maximum atomic E-state index is 5.63. The molecular weight excluding hydrogens is 338 g/mol. The highest BCUT2D eigenvalue weighted by atomic mass is 16.5. The largest absolute Gasteiger partial charge is 0.492 e. The molecule has 0 aliphatic rings. The molecule has 0 saturated heterocycles. The zero-order chi connectivity index (χ0) is 19.3. The van der Waals surface area contributed by atoms with Gasteiger partial charge in [-0.15, -0.1) is 5.10 Å². The fourth-order valence-corrected chi connectivity index (χ4v) is 2.77. The van der Waals surface area contributed by atoms with Crippen LogP contribution in [-0.4, -0.2) is 21.8 Å². The van der Waals surface area contributed by atoms with Crippen LogP contribution in [0, 0.1) is 0 Å². The molecule has 27 heavy (non-hydrogen) atoms. The highest BCUT2D eigenvalue weighted by Crippen LogP contribution is 2.31. The molecule has 0 bridgehead atoms. The summed E-state index contributed by atoms with van der Waals surface area (Å²) < 4.78 is 5.63. The Labute approximate surface area is 160 Å². The summed E-state index contributed by atoms with van der Waals surface area (Å²) in [6, 6.07) is 15.9. The molecule has 6 heteroatoms. The zero-order valence-electron chi connectivity index (χ0n) is 16.2. The second-order valence-corrected chi connectivity index (χ2v) is 7.14. The first-order chi connectivity index (χ1) is 13.0. The van der Waals surface area contributed by atoms with Gasteiger partial charge in [-0.2, -0.15) is 10.1 Å². The maximum Gasteiger partial charge on any atom is 0.249 e. The molecule has 0 saturated carbocycles. The zero-order valence-corrected chi connectivity index (χ0v) is 16.2. The molecule has 6 nitrogen and oxygen atoms in total. The van der Waals surface area contributed by atoms with Crippen LogP contribution < -0.4 is 15.4 Å². The molecule has 0 aliphatic heterocycles. The van der Waals surface area contributed by atoms with Gasteiger partial charge in [0, 0.05) is 5.69 Å². The Bertz CT molecular complexity index is 905. The van der Waals surface area contributed by atoms with Crippen LogP contribution in [0.2, 0.25) is 0 Å². The van der Waals surface area contributed by atoms with E-state index >= 15 is 0 Å². The Morgan fingerprint density at radius 3 is 2.37 bits per heavy atom. The molecule has 0 atom stereocenters. The SMILES string of the molecule is CCOc1ccccc1Nc1nncc(Nc2ccccc2C(C)(C)C)n1. The Balaban J connectivity index is 1.84. The van der Waals surface area contributed by atoms with E-state index in [1.165, 1.54) is 5.56 Å². The van der Waals surface area contributed by atoms with E-state index in [-0.39, 0.29) is 5.41 Å². The van der Waals surface area contributed by atoms with Gasteiger partial charge >= 0.3 is 0 Å². The first-order valence-electron chi connectivity index (χ1n) is 9.02. The number of nitrogens with zero attached hydrogens (tertiary/aromatic N) is 3. The minimum Gasteiger partial charge on any atom is -0.492 e. The molecule has 3 rings (SSSR count). The van der Waals surface area contributed by atoms with Crippen LogP contribution in [0.5, 0.6) is 5.75 Å². The Hall–Kier alpha value is -3.15. The number of hydrogen-bond acceptors (Lipinski definition) is 6. The summed E-state index contributed by atoms with van der Waals surface area (Å²) in [5, 5.41) is 14.7. The summed E-state index contributed by atoms with van der Waals surface area (Å²) in [4.78, 5) is 4.54. The standard InChI is InChI=1S/C21H25N5O/c1-5-27-18-13-9-8-12-17(18)24-20-25-19(14-22-26-20)23-16-11-7-6-10-15(16)21(2,3)4/h6-14H,5H2,1-4H3,(H2,23,24,25,26). The predicted octanol–water partition coefficient (Wildman–Crippen LogP) is 5.06. The van der Waals surface area contributed by atoms with Crippen LogP contribution in [0.1, 0.15) is 33.3 Å². The van der Waals surface area contributed by atoms with E-state index in [1.54, 1.807) is 6.20 Å². The van der Waals surface area contributed by atoms with Crippen molar-refractivity contribution in [1.29, 1.82) is 0 Å². The quantitative estimate of drug-likeness (QED) is 0.638. The average molecular weight is 363 g/mol. The predicted molar refractivity (Wildman–Crippen MR) is 109 cm³/mol. The molecule has 0 amide bonds. The van der Waals surface area contributed by atoms with Crippen molar-refractivity contribution in [3.8, 4) is 5.75 Å². The molecule has 140 valence electrons. The third kappa shape index (κ3) is 4.73. The van der Waals surface area contributed by atoms with Gasteiger partial charge in [0.1, 0.15) is 5.75 Å². The molecule has 1 aromatic heterocycles. The van der Waals surface area contributed by atoms with Crippen molar-refractivity contribution in [3.63, 3.8) is 0 Å². The molecule has 0 spiro atoms. The van der Waals surface area contributed by atoms with Gasteiger partial charge in [-0.1, -0.05) is 51.1 Å². The lowest BCUT2D eigenvalue weighted by Gasteiger charge is -2.23. The van der Waals surface area contributed by atoms with Crippen molar-refractivity contribution in [2.24, 2.45) is 0 Å². The van der Waals surface area contributed by atoms with Crippen LogP contribution in [-0.2, 0) is 5.41 Å². The summed E-state index contributed by atoms with van der Waals surface area (Å²) in [5.74, 6) is 1.78. The van der Waals surface area contributed by atoms with Crippen molar-refractivity contribution in [1.82, 2.24) is 15.2 Å². The number of para-hydroxylation sites is 3. The number of ether oxygens (including phenoxy) is 1. The molecule has 0 fully saturated rings. The van der Waals surface area contributed by atoms with Gasteiger partial charge in [0.05, 0.1) is 18.5 Å². The maximum absolute atomic E-state index is 5.63. The third-order valence-corrected chi connectivity index (χ3v) is 3.99. The number of benzene rings is 2. The topological polar surface area (TPSA) is 72.0 Å². The Kier molecular flexibility index (Phi) is 5.54. The average Bonchev–Trinajstić information content (AvgIpc) is 2.63. The van der Waals surface area contributed by atoms with Crippen LogP contribution >= 0.6 is 0 Å². The van der Waals surface area contributed by atoms with Crippen molar-refractivity contribution in [3.05, 3.63) is 60.3 Å². The highest BCUT2D eigenvalue weighted by Gasteiger charge is 2.18. The fourth-order valence-electron chi connectivity index (χ4n) is 2.77. The van der Waals surface area contributed by atoms with E-state index in [9.17, 15) is 0 Å². The Morgan fingerprint density at radius 2 is 1.63 bits per heavy atom. The van der Waals surface area contributed by atoms with E-state index < -0.39 is 0 Å². The van der Waals surface area contributed by atoms with Crippen LogP contribution in [0.15, 0.2) is 54.7 Å². The van der Waals surface area contributed by atoms with Crippen LogP contribution in [0.25, 0.3) is 0 Å². The van der Waals surface area contributed by atoms with Crippen molar-refractivity contribution in [2.75, 3.05) is 17.2 Å². The smallest absolute Gasteiger partial charge is 0.249 e. The first-order valence-corrected chi connectivity index (χ1v) is 9.02. The van der Waals surface area contributed by atoms with Crippen molar-refractivity contribution < 1.29 is 4.74 Å². The molecular formula is C21H25N5O. The lowest BCUT2D eigenvalue weighted by Crippen LogP contribution is -2.14.